The molecular formula is C15H18O6. The van der Waals surface area contributed by atoms with Crippen LogP contribution in [0.2, 0.25) is 0 Å². The maximum atomic E-state index is 12.4. The lowest BCUT2D eigenvalue weighted by molar-refractivity contribution is -0.232. The Morgan fingerprint density at radius 2 is 2.10 bits per heavy atom. The van der Waals surface area contributed by atoms with Crippen LogP contribution in [0.15, 0.2) is 12.2 Å². The summed E-state index contributed by atoms with van der Waals surface area (Å²) in [6.45, 7) is 7.96. The molecule has 6 nitrogen and oxygen atoms in total. The van der Waals surface area contributed by atoms with E-state index >= 15 is 0 Å². The Morgan fingerprint density at radius 3 is 2.67 bits per heavy atom. The number of ether oxygens (including phenoxy) is 3. The lowest BCUT2D eigenvalue weighted by Gasteiger charge is -2.54. The summed E-state index contributed by atoms with van der Waals surface area (Å²) in [4.78, 5) is 12.4. The first-order valence-electron chi connectivity index (χ1n) is 7.36. The van der Waals surface area contributed by atoms with Gasteiger partial charge in [-0.2, -0.15) is 0 Å². The zero-order chi connectivity index (χ0) is 14.9. The molecule has 5 aliphatic rings. The molecule has 2 bridgehead atoms. The number of aliphatic hydroxyl groups is 2. The number of hydrogen-bond donors (Lipinski definition) is 2. The van der Waals surface area contributed by atoms with Crippen LogP contribution in [0.5, 0.6) is 0 Å². The monoisotopic (exact) mass is 294 g/mol. The van der Waals surface area contributed by atoms with Crippen LogP contribution in [0, 0.1) is 17.3 Å². The van der Waals surface area contributed by atoms with Gasteiger partial charge in [0.15, 0.2) is 0 Å². The van der Waals surface area contributed by atoms with Crippen molar-refractivity contribution in [2.24, 2.45) is 17.3 Å². The number of epoxide rings is 2. The predicted octanol–water partition coefficient (Wildman–Crippen LogP) is -0.618. The molecule has 0 aromatic heterocycles. The summed E-state index contributed by atoms with van der Waals surface area (Å²) < 4.78 is 16.7. The number of fused-ring (bicyclic) bond motifs is 8. The van der Waals surface area contributed by atoms with Crippen molar-refractivity contribution in [1.29, 1.82) is 0 Å². The largest absolute Gasteiger partial charge is 0.459 e. The van der Waals surface area contributed by atoms with E-state index in [1.54, 1.807) is 13.8 Å². The third kappa shape index (κ3) is 0.958. The molecule has 2 N–H and O–H groups in total. The van der Waals surface area contributed by atoms with E-state index < -0.39 is 46.8 Å². The van der Waals surface area contributed by atoms with Gasteiger partial charge in [0, 0.05) is 5.92 Å². The molecule has 6 heteroatoms. The summed E-state index contributed by atoms with van der Waals surface area (Å²) in [6, 6.07) is 0. The third-order valence-electron chi connectivity index (χ3n) is 6.72. The van der Waals surface area contributed by atoms with Gasteiger partial charge in [-0.15, -0.1) is 0 Å². The van der Waals surface area contributed by atoms with E-state index in [2.05, 4.69) is 6.58 Å². The van der Waals surface area contributed by atoms with Gasteiger partial charge in [0.2, 0.25) is 0 Å². The normalized spacial score (nSPS) is 65.8. The first-order valence-corrected chi connectivity index (χ1v) is 7.36. The van der Waals surface area contributed by atoms with Crippen LogP contribution < -0.4 is 0 Å². The Hall–Kier alpha value is -0.950. The van der Waals surface area contributed by atoms with E-state index in [9.17, 15) is 15.0 Å². The van der Waals surface area contributed by atoms with Crippen LogP contribution in [0.3, 0.4) is 0 Å². The fraction of sp³-hybridized carbons (Fsp3) is 0.800. The fourth-order valence-corrected chi connectivity index (χ4v) is 5.49. The van der Waals surface area contributed by atoms with E-state index in [4.69, 9.17) is 14.2 Å². The van der Waals surface area contributed by atoms with Crippen LogP contribution in [-0.2, 0) is 19.0 Å². The molecule has 0 radical (unpaired) electrons. The third-order valence-corrected chi connectivity index (χ3v) is 6.72. The van der Waals surface area contributed by atoms with Gasteiger partial charge in [0.05, 0.1) is 17.9 Å². The van der Waals surface area contributed by atoms with Crippen LogP contribution in [-0.4, -0.2) is 58.4 Å². The summed E-state index contributed by atoms with van der Waals surface area (Å²) in [5.41, 5.74) is -2.38. The Balaban J connectivity index is 1.76. The number of aliphatic hydroxyl groups excluding tert-OH is 1. The lowest BCUT2D eigenvalue weighted by atomic mass is 9.52. The van der Waals surface area contributed by atoms with Crippen LogP contribution in [0.25, 0.3) is 0 Å². The second kappa shape index (κ2) is 3.06. The predicted molar refractivity (Wildman–Crippen MR) is 68.1 cm³/mol. The van der Waals surface area contributed by atoms with Gasteiger partial charge in [-0.1, -0.05) is 19.1 Å². The summed E-state index contributed by atoms with van der Waals surface area (Å²) in [7, 11) is 0. The quantitative estimate of drug-likeness (QED) is 0.380. The number of esters is 1. The van der Waals surface area contributed by atoms with E-state index in [0.717, 1.165) is 5.57 Å². The highest BCUT2D eigenvalue weighted by molar-refractivity contribution is 5.80. The number of rotatable bonds is 1. The zero-order valence-electron chi connectivity index (χ0n) is 11.9. The summed E-state index contributed by atoms with van der Waals surface area (Å²) in [6.07, 6.45) is -2.37. The maximum Gasteiger partial charge on any atom is 0.313 e. The topological polar surface area (TPSA) is 91.8 Å². The second-order valence-corrected chi connectivity index (χ2v) is 7.38. The van der Waals surface area contributed by atoms with Crippen molar-refractivity contribution in [2.45, 2.75) is 49.5 Å². The highest BCUT2D eigenvalue weighted by Crippen LogP contribution is 2.75. The SMILES string of the molecule is C=C(C)C1[C@H]2OC(=O)[C@@H]1C1(O)C3OC3C3(CO3)C1(C)[C@@H]2O. The van der Waals surface area contributed by atoms with Gasteiger partial charge in [0.25, 0.3) is 0 Å². The van der Waals surface area contributed by atoms with Crippen molar-refractivity contribution in [3.8, 4) is 0 Å². The molecule has 0 aromatic rings. The number of carbonyl (C=O) groups excluding carboxylic acids is 1. The highest BCUT2D eigenvalue weighted by atomic mass is 16.7. The minimum Gasteiger partial charge on any atom is -0.459 e. The van der Waals surface area contributed by atoms with Crippen molar-refractivity contribution in [1.82, 2.24) is 0 Å². The van der Waals surface area contributed by atoms with E-state index in [0.29, 0.717) is 6.61 Å². The second-order valence-electron chi connectivity index (χ2n) is 7.38. The van der Waals surface area contributed by atoms with Gasteiger partial charge in [-0.25, -0.2) is 0 Å². The molecule has 2 saturated carbocycles. The summed E-state index contributed by atoms with van der Waals surface area (Å²) in [5.74, 6) is -1.60. The first-order chi connectivity index (χ1) is 9.80. The summed E-state index contributed by atoms with van der Waals surface area (Å²) >= 11 is 0. The van der Waals surface area contributed by atoms with E-state index in [1.807, 2.05) is 0 Å². The smallest absolute Gasteiger partial charge is 0.313 e. The van der Waals surface area contributed by atoms with Crippen LogP contribution in [0.1, 0.15) is 13.8 Å². The fourth-order valence-electron chi connectivity index (χ4n) is 5.49. The number of hydrogen-bond acceptors (Lipinski definition) is 6. The Kier molecular flexibility index (Phi) is 1.83. The molecule has 3 saturated heterocycles. The molecule has 3 aliphatic heterocycles. The van der Waals surface area contributed by atoms with Crippen molar-refractivity contribution in [3.63, 3.8) is 0 Å². The molecule has 2 aliphatic carbocycles. The molecule has 5 fully saturated rings. The first kappa shape index (κ1) is 12.6. The average Bonchev–Trinajstić information content (AvgIpc) is 3.27. The molecule has 5 rings (SSSR count). The lowest BCUT2D eigenvalue weighted by Crippen LogP contribution is -2.70. The summed E-state index contributed by atoms with van der Waals surface area (Å²) in [5, 5.41) is 22.4. The van der Waals surface area contributed by atoms with Crippen molar-refractivity contribution in [3.05, 3.63) is 12.2 Å². The Labute approximate surface area is 121 Å². The van der Waals surface area contributed by atoms with Crippen molar-refractivity contribution < 1.29 is 29.2 Å². The maximum absolute atomic E-state index is 12.4. The van der Waals surface area contributed by atoms with Gasteiger partial charge in [0.1, 0.15) is 35.6 Å². The highest BCUT2D eigenvalue weighted by Gasteiger charge is 2.94. The van der Waals surface area contributed by atoms with Crippen LogP contribution in [0.4, 0.5) is 0 Å². The molecular weight excluding hydrogens is 276 g/mol. The number of carbonyl (C=O) groups is 1. The molecule has 21 heavy (non-hydrogen) atoms. The van der Waals surface area contributed by atoms with Gasteiger partial charge >= 0.3 is 5.97 Å². The molecule has 6 unspecified atom stereocenters. The van der Waals surface area contributed by atoms with Gasteiger partial charge in [-0.3, -0.25) is 4.79 Å². The molecule has 114 valence electrons. The van der Waals surface area contributed by atoms with E-state index in [1.165, 1.54) is 0 Å². The van der Waals surface area contributed by atoms with Gasteiger partial charge in [-0.05, 0) is 6.92 Å². The molecule has 0 amide bonds. The van der Waals surface area contributed by atoms with Gasteiger partial charge < -0.3 is 24.4 Å². The standard InChI is InChI=1S/C15H18O6/c1-5(2)6-7-12(17)20-8(6)9(16)13(3)14(4-19-14)10-11(21-10)15(7,13)18/h6-11,16,18H,1,4H2,2-3H3/t6?,7-,8-,9-,10?,11?,13?,14?,15?/m1/s1. The van der Waals surface area contributed by atoms with Crippen molar-refractivity contribution >= 4 is 5.97 Å². The average molecular weight is 294 g/mol. The Morgan fingerprint density at radius 1 is 1.43 bits per heavy atom. The minimum atomic E-state index is -1.47. The van der Waals surface area contributed by atoms with E-state index in [-0.39, 0.29) is 12.0 Å². The minimum absolute atomic E-state index is 0.236. The zero-order valence-corrected chi connectivity index (χ0v) is 11.9. The Bertz CT molecular complexity index is 597. The molecule has 1 spiro atoms. The van der Waals surface area contributed by atoms with Crippen LogP contribution >= 0.6 is 0 Å². The molecule has 3 heterocycles. The van der Waals surface area contributed by atoms with Crippen molar-refractivity contribution in [2.75, 3.05) is 6.61 Å². The molecule has 9 atom stereocenters. The molecule has 0 aromatic carbocycles.